The van der Waals surface area contributed by atoms with E-state index in [-0.39, 0.29) is 0 Å². The lowest BCUT2D eigenvalue weighted by atomic mass is 10.1. The Morgan fingerprint density at radius 3 is 2.32 bits per heavy atom. The monoisotopic (exact) mass is 334 g/mol. The molecule has 0 fully saturated rings. The van der Waals surface area contributed by atoms with Gasteiger partial charge in [0, 0.05) is 6.20 Å². The number of benzene rings is 2. The molecule has 3 N–H and O–H groups in total. The van der Waals surface area contributed by atoms with Crippen molar-refractivity contribution in [1.29, 1.82) is 0 Å². The van der Waals surface area contributed by atoms with Crippen LogP contribution in [-0.2, 0) is 11.3 Å². The van der Waals surface area contributed by atoms with Gasteiger partial charge in [0.2, 0.25) is 5.91 Å². The van der Waals surface area contributed by atoms with E-state index in [1.54, 1.807) is 35.1 Å². The van der Waals surface area contributed by atoms with E-state index in [0.717, 1.165) is 5.56 Å². The lowest BCUT2D eigenvalue weighted by Gasteiger charge is -2.15. The van der Waals surface area contributed by atoms with Crippen LogP contribution in [0.15, 0.2) is 73.1 Å². The fraction of sp³-hybridized carbons (Fsp3) is 0.105. The van der Waals surface area contributed by atoms with Gasteiger partial charge in [0.05, 0.1) is 18.3 Å². The van der Waals surface area contributed by atoms with Gasteiger partial charge in [-0.05, 0) is 11.1 Å². The number of nitrogens with zero attached hydrogens (tertiary/aromatic N) is 2. The van der Waals surface area contributed by atoms with Crippen LogP contribution in [0.1, 0.15) is 27.5 Å². The summed E-state index contributed by atoms with van der Waals surface area (Å²) in [6, 6.07) is 17.8. The fourth-order valence-corrected chi connectivity index (χ4v) is 2.52. The van der Waals surface area contributed by atoms with Crippen molar-refractivity contribution in [1.82, 2.24) is 15.1 Å². The summed E-state index contributed by atoms with van der Waals surface area (Å²) in [5.74, 6) is -1.01. The molecule has 0 unspecified atom stereocenters. The highest BCUT2D eigenvalue weighted by Gasteiger charge is 2.21. The van der Waals surface area contributed by atoms with Gasteiger partial charge < -0.3 is 11.1 Å². The minimum absolute atomic E-state index is 0.373. The van der Waals surface area contributed by atoms with Gasteiger partial charge in [-0.1, -0.05) is 60.7 Å². The minimum Gasteiger partial charge on any atom is -0.368 e. The van der Waals surface area contributed by atoms with Crippen molar-refractivity contribution in [2.24, 2.45) is 5.73 Å². The summed E-state index contributed by atoms with van der Waals surface area (Å²) in [7, 11) is 0. The predicted octanol–water partition coefficient (Wildman–Crippen LogP) is 1.89. The van der Waals surface area contributed by atoms with Crippen LogP contribution in [0.2, 0.25) is 0 Å². The first-order valence-electron chi connectivity index (χ1n) is 7.85. The number of carbonyl (C=O) groups excluding carboxylic acids is 2. The van der Waals surface area contributed by atoms with Crippen LogP contribution in [0.3, 0.4) is 0 Å². The van der Waals surface area contributed by atoms with E-state index in [0.29, 0.717) is 17.7 Å². The molecule has 0 radical (unpaired) electrons. The summed E-state index contributed by atoms with van der Waals surface area (Å²) in [5, 5.41) is 6.86. The lowest BCUT2D eigenvalue weighted by molar-refractivity contribution is -0.120. The van der Waals surface area contributed by atoms with Gasteiger partial charge in [-0.25, -0.2) is 0 Å². The van der Waals surface area contributed by atoms with Crippen molar-refractivity contribution in [3.63, 3.8) is 0 Å². The highest BCUT2D eigenvalue weighted by atomic mass is 16.2. The molecule has 6 nitrogen and oxygen atoms in total. The van der Waals surface area contributed by atoms with E-state index in [1.165, 1.54) is 6.20 Å². The third-order valence-corrected chi connectivity index (χ3v) is 3.78. The van der Waals surface area contributed by atoms with Crippen LogP contribution in [0.5, 0.6) is 0 Å². The molecule has 1 aromatic heterocycles. The Labute approximate surface area is 145 Å². The molecule has 0 spiro atoms. The van der Waals surface area contributed by atoms with Crippen molar-refractivity contribution in [2.75, 3.05) is 0 Å². The summed E-state index contributed by atoms with van der Waals surface area (Å²) in [6.07, 6.45) is 3.12. The van der Waals surface area contributed by atoms with Crippen LogP contribution in [0, 0.1) is 0 Å². The van der Waals surface area contributed by atoms with Crippen molar-refractivity contribution in [3.8, 4) is 0 Å². The maximum absolute atomic E-state index is 12.4. The zero-order valence-corrected chi connectivity index (χ0v) is 13.5. The molecule has 126 valence electrons. The number of aromatic nitrogens is 2. The first kappa shape index (κ1) is 16.4. The average molecular weight is 334 g/mol. The molecule has 0 aliphatic rings. The number of hydrogen-bond acceptors (Lipinski definition) is 3. The van der Waals surface area contributed by atoms with Gasteiger partial charge in [0.1, 0.15) is 6.04 Å². The molecule has 0 bridgehead atoms. The first-order valence-corrected chi connectivity index (χ1v) is 7.85. The van der Waals surface area contributed by atoms with Gasteiger partial charge in [-0.3, -0.25) is 14.3 Å². The smallest absolute Gasteiger partial charge is 0.255 e. The molecule has 1 atom stereocenters. The second-order valence-electron chi connectivity index (χ2n) is 5.63. The molecular formula is C19H18N4O2. The van der Waals surface area contributed by atoms with E-state index in [1.807, 2.05) is 36.4 Å². The Hall–Kier alpha value is -3.41. The fourth-order valence-electron chi connectivity index (χ4n) is 2.52. The lowest BCUT2D eigenvalue weighted by Crippen LogP contribution is -2.37. The topological polar surface area (TPSA) is 90.0 Å². The molecule has 2 amide bonds. The number of carbonyl (C=O) groups is 2. The van der Waals surface area contributed by atoms with Crippen LogP contribution in [0.4, 0.5) is 0 Å². The predicted molar refractivity (Wildman–Crippen MR) is 93.6 cm³/mol. The SMILES string of the molecule is NC(=O)[C@@H](NC(=O)c1cnn(Cc2ccccc2)c1)c1ccccc1. The summed E-state index contributed by atoms with van der Waals surface area (Å²) >= 11 is 0. The molecule has 0 saturated carbocycles. The van der Waals surface area contributed by atoms with Gasteiger partial charge in [-0.15, -0.1) is 0 Å². The summed E-state index contributed by atoms with van der Waals surface area (Å²) < 4.78 is 1.67. The number of primary amides is 1. The van der Waals surface area contributed by atoms with Crippen molar-refractivity contribution in [2.45, 2.75) is 12.6 Å². The van der Waals surface area contributed by atoms with Crippen molar-refractivity contribution >= 4 is 11.8 Å². The minimum atomic E-state index is -0.883. The molecule has 6 heteroatoms. The van der Waals surface area contributed by atoms with Gasteiger partial charge in [0.25, 0.3) is 5.91 Å². The Morgan fingerprint density at radius 2 is 1.68 bits per heavy atom. The zero-order chi connectivity index (χ0) is 17.6. The third kappa shape index (κ3) is 4.11. The van der Waals surface area contributed by atoms with Crippen LogP contribution < -0.4 is 11.1 Å². The maximum Gasteiger partial charge on any atom is 0.255 e. The molecule has 0 saturated heterocycles. The first-order chi connectivity index (χ1) is 12.1. The van der Waals surface area contributed by atoms with E-state index in [9.17, 15) is 9.59 Å². The molecule has 3 aromatic rings. The summed E-state index contributed by atoms with van der Waals surface area (Å²) in [6.45, 7) is 0.562. The Bertz CT molecular complexity index is 859. The maximum atomic E-state index is 12.4. The Balaban J connectivity index is 1.71. The number of amides is 2. The molecular weight excluding hydrogens is 316 g/mol. The Morgan fingerprint density at radius 1 is 1.04 bits per heavy atom. The standard InChI is InChI=1S/C19H18N4O2/c20-18(24)17(15-9-5-2-6-10-15)22-19(25)16-11-21-23(13-16)12-14-7-3-1-4-8-14/h1-11,13,17H,12H2,(H2,20,24)(H,22,25)/t17-/m0/s1. The number of hydrogen-bond donors (Lipinski definition) is 2. The van der Waals surface area contributed by atoms with Gasteiger partial charge >= 0.3 is 0 Å². The van der Waals surface area contributed by atoms with Crippen molar-refractivity contribution in [3.05, 3.63) is 89.7 Å². The Kier molecular flexibility index (Phi) is 4.89. The number of rotatable bonds is 6. The summed E-state index contributed by atoms with van der Waals surface area (Å²) in [5.41, 5.74) is 7.52. The second kappa shape index (κ2) is 7.44. The third-order valence-electron chi connectivity index (χ3n) is 3.78. The quantitative estimate of drug-likeness (QED) is 0.721. The highest BCUT2D eigenvalue weighted by Crippen LogP contribution is 2.13. The molecule has 0 aliphatic carbocycles. The molecule has 2 aromatic carbocycles. The molecule has 25 heavy (non-hydrogen) atoms. The largest absolute Gasteiger partial charge is 0.368 e. The van der Waals surface area contributed by atoms with E-state index < -0.39 is 17.9 Å². The van der Waals surface area contributed by atoms with Crippen molar-refractivity contribution < 1.29 is 9.59 Å². The number of nitrogens with one attached hydrogen (secondary N) is 1. The van der Waals surface area contributed by atoms with E-state index >= 15 is 0 Å². The molecule has 0 aliphatic heterocycles. The second-order valence-corrected chi connectivity index (χ2v) is 5.63. The average Bonchev–Trinajstić information content (AvgIpc) is 3.09. The van der Waals surface area contributed by atoms with Crippen LogP contribution >= 0.6 is 0 Å². The highest BCUT2D eigenvalue weighted by molar-refractivity contribution is 5.97. The van der Waals surface area contributed by atoms with Gasteiger partial charge in [0.15, 0.2) is 0 Å². The summed E-state index contributed by atoms with van der Waals surface area (Å²) in [4.78, 5) is 24.1. The van der Waals surface area contributed by atoms with E-state index in [2.05, 4.69) is 10.4 Å². The van der Waals surface area contributed by atoms with Crippen LogP contribution in [0.25, 0.3) is 0 Å². The van der Waals surface area contributed by atoms with Gasteiger partial charge in [-0.2, -0.15) is 5.10 Å². The van der Waals surface area contributed by atoms with E-state index in [4.69, 9.17) is 5.73 Å². The number of nitrogens with two attached hydrogens (primary N) is 1. The molecule has 3 rings (SSSR count). The zero-order valence-electron chi connectivity index (χ0n) is 13.5. The van der Waals surface area contributed by atoms with Crippen LogP contribution in [-0.4, -0.2) is 21.6 Å². The molecule has 1 heterocycles. The normalized spacial score (nSPS) is 11.7.